The highest BCUT2D eigenvalue weighted by molar-refractivity contribution is 5.92. The van der Waals surface area contributed by atoms with Gasteiger partial charge in [-0.3, -0.25) is 0 Å². The summed E-state index contributed by atoms with van der Waals surface area (Å²) < 4.78 is 20.4. The Morgan fingerprint density at radius 3 is 2.84 bits per heavy atom. The molecule has 136 valence electrons. The van der Waals surface area contributed by atoms with Gasteiger partial charge in [-0.25, -0.2) is 4.79 Å². The number of carbonyl (C=O) groups excluding carboxylic acids is 1. The monoisotopic (exact) mass is 349 g/mol. The predicted molar refractivity (Wildman–Crippen MR) is 90.4 cm³/mol. The summed E-state index contributed by atoms with van der Waals surface area (Å²) in [5.74, 6) is 0.723. The zero-order chi connectivity index (χ0) is 18.1. The predicted octanol–water partition coefficient (Wildman–Crippen LogP) is 1.74. The van der Waals surface area contributed by atoms with Crippen LogP contribution in [0.1, 0.15) is 21.7 Å². The van der Waals surface area contributed by atoms with Gasteiger partial charge in [0.1, 0.15) is 23.7 Å². The summed E-state index contributed by atoms with van der Waals surface area (Å²) in [6, 6.07) is 8.86. The smallest absolute Gasteiger partial charge is 0.341 e. The molecule has 2 aromatic rings. The highest BCUT2D eigenvalue weighted by atomic mass is 16.5. The largest absolute Gasteiger partial charge is 0.496 e. The lowest BCUT2D eigenvalue weighted by atomic mass is 10.1. The van der Waals surface area contributed by atoms with E-state index in [0.717, 1.165) is 5.56 Å². The molecular formula is C18H23NO6. The van der Waals surface area contributed by atoms with Crippen molar-refractivity contribution in [3.05, 3.63) is 53.5 Å². The van der Waals surface area contributed by atoms with Gasteiger partial charge in [0.15, 0.2) is 0 Å². The molecule has 0 bridgehead atoms. The molecule has 0 aliphatic rings. The van der Waals surface area contributed by atoms with Crippen LogP contribution in [0.25, 0.3) is 0 Å². The molecule has 7 nitrogen and oxygen atoms in total. The highest BCUT2D eigenvalue weighted by Crippen LogP contribution is 2.20. The van der Waals surface area contributed by atoms with Gasteiger partial charge in [0, 0.05) is 13.1 Å². The second kappa shape index (κ2) is 9.83. The number of hydrogen-bond donors (Lipinski definition) is 2. The summed E-state index contributed by atoms with van der Waals surface area (Å²) >= 11 is 0. The number of esters is 1. The Balaban J connectivity index is 1.75. The lowest BCUT2D eigenvalue weighted by Crippen LogP contribution is -2.30. The first kappa shape index (κ1) is 19.0. The number of furan rings is 1. The number of carbonyl (C=O) groups is 1. The minimum atomic E-state index is -0.645. The molecule has 2 N–H and O–H groups in total. The maximum atomic E-state index is 11.8. The molecule has 1 aromatic carbocycles. The first-order chi connectivity index (χ1) is 12.1. The van der Waals surface area contributed by atoms with Crippen molar-refractivity contribution in [2.24, 2.45) is 0 Å². The fourth-order valence-corrected chi connectivity index (χ4v) is 2.27. The highest BCUT2D eigenvalue weighted by Gasteiger charge is 2.13. The molecule has 2 rings (SSSR count). The van der Waals surface area contributed by atoms with E-state index in [0.29, 0.717) is 36.8 Å². The van der Waals surface area contributed by atoms with Crippen LogP contribution in [0.5, 0.6) is 5.75 Å². The Hall–Kier alpha value is -2.35. The van der Waals surface area contributed by atoms with Gasteiger partial charge >= 0.3 is 5.97 Å². The third-order valence-electron chi connectivity index (χ3n) is 3.51. The van der Waals surface area contributed by atoms with E-state index < -0.39 is 12.1 Å². The molecule has 0 fully saturated rings. The Kier molecular flexibility index (Phi) is 7.46. The standard InChI is InChI=1S/C18H23NO6/c1-22-17-6-5-13(8-16(17)18(21)23-2)9-19-10-14(20)11-24-12-15-4-3-7-25-15/h3-8,14,19-20H,9-12H2,1-2H3/t14-/m0/s1. The first-order valence-electron chi connectivity index (χ1n) is 7.88. The molecule has 7 heteroatoms. The average molecular weight is 349 g/mol. The van der Waals surface area contributed by atoms with Crippen molar-refractivity contribution >= 4 is 5.97 Å². The van der Waals surface area contributed by atoms with Crippen LogP contribution in [0, 0.1) is 0 Å². The lowest BCUT2D eigenvalue weighted by molar-refractivity contribution is 0.0225. The summed E-state index contributed by atoms with van der Waals surface area (Å²) in [7, 11) is 2.82. The van der Waals surface area contributed by atoms with E-state index in [9.17, 15) is 9.90 Å². The van der Waals surface area contributed by atoms with Crippen LogP contribution < -0.4 is 10.1 Å². The minimum Gasteiger partial charge on any atom is -0.496 e. The third kappa shape index (κ3) is 5.90. The van der Waals surface area contributed by atoms with E-state index in [1.54, 1.807) is 24.5 Å². The van der Waals surface area contributed by atoms with Crippen molar-refractivity contribution in [2.75, 3.05) is 27.4 Å². The van der Waals surface area contributed by atoms with Crippen LogP contribution in [-0.2, 0) is 22.6 Å². The minimum absolute atomic E-state index is 0.198. The molecule has 0 spiro atoms. The summed E-state index contributed by atoms with van der Waals surface area (Å²) in [5, 5.41) is 13.0. The number of ether oxygens (including phenoxy) is 3. The summed E-state index contributed by atoms with van der Waals surface area (Å²) in [5.41, 5.74) is 1.25. The maximum Gasteiger partial charge on any atom is 0.341 e. The van der Waals surface area contributed by atoms with Gasteiger partial charge in [0.25, 0.3) is 0 Å². The summed E-state index contributed by atoms with van der Waals surface area (Å²) in [6.45, 7) is 1.37. The molecule has 25 heavy (non-hydrogen) atoms. The molecule has 0 saturated heterocycles. The van der Waals surface area contributed by atoms with Crippen molar-refractivity contribution in [2.45, 2.75) is 19.3 Å². The summed E-state index contributed by atoms with van der Waals surface area (Å²) in [4.78, 5) is 11.8. The first-order valence-corrected chi connectivity index (χ1v) is 7.88. The van der Waals surface area contributed by atoms with E-state index in [2.05, 4.69) is 5.32 Å². The Morgan fingerprint density at radius 1 is 1.32 bits per heavy atom. The van der Waals surface area contributed by atoms with E-state index in [1.807, 2.05) is 12.1 Å². The van der Waals surface area contributed by atoms with Gasteiger partial charge in [-0.1, -0.05) is 6.07 Å². The molecule has 0 aliphatic carbocycles. The molecule has 1 heterocycles. The number of methoxy groups -OCH3 is 2. The van der Waals surface area contributed by atoms with Gasteiger partial charge < -0.3 is 29.1 Å². The van der Waals surface area contributed by atoms with Gasteiger partial charge in [0.2, 0.25) is 0 Å². The van der Waals surface area contributed by atoms with Crippen molar-refractivity contribution in [1.29, 1.82) is 0 Å². The Bertz CT molecular complexity index is 656. The van der Waals surface area contributed by atoms with Crippen LogP contribution in [0.2, 0.25) is 0 Å². The van der Waals surface area contributed by atoms with Crippen LogP contribution in [0.3, 0.4) is 0 Å². The van der Waals surface area contributed by atoms with Gasteiger partial charge in [-0.05, 0) is 29.8 Å². The normalized spacial score (nSPS) is 12.0. The molecular weight excluding hydrogens is 326 g/mol. The quantitative estimate of drug-likeness (QED) is 0.632. The average Bonchev–Trinajstić information content (AvgIpc) is 3.14. The second-order valence-corrected chi connectivity index (χ2v) is 5.41. The Morgan fingerprint density at radius 2 is 2.16 bits per heavy atom. The van der Waals surface area contributed by atoms with Crippen LogP contribution in [-0.4, -0.2) is 44.6 Å². The topological polar surface area (TPSA) is 90.2 Å². The van der Waals surface area contributed by atoms with Crippen molar-refractivity contribution < 1.29 is 28.5 Å². The number of benzene rings is 1. The Labute approximate surface area is 146 Å². The van der Waals surface area contributed by atoms with E-state index in [4.69, 9.17) is 18.6 Å². The SMILES string of the molecule is COC(=O)c1cc(CNC[C@H](O)COCc2ccco2)ccc1OC. The molecule has 0 unspecified atom stereocenters. The van der Waals surface area contributed by atoms with E-state index in [-0.39, 0.29) is 6.61 Å². The number of rotatable bonds is 10. The van der Waals surface area contributed by atoms with Crippen molar-refractivity contribution in [1.82, 2.24) is 5.32 Å². The van der Waals surface area contributed by atoms with Crippen molar-refractivity contribution in [3.63, 3.8) is 0 Å². The molecule has 0 amide bonds. The van der Waals surface area contributed by atoms with Crippen LogP contribution >= 0.6 is 0 Å². The molecule has 1 atom stereocenters. The zero-order valence-corrected chi connectivity index (χ0v) is 14.4. The molecule has 0 radical (unpaired) electrons. The maximum absolute atomic E-state index is 11.8. The fraction of sp³-hybridized carbons (Fsp3) is 0.389. The third-order valence-corrected chi connectivity index (χ3v) is 3.51. The zero-order valence-electron chi connectivity index (χ0n) is 14.4. The summed E-state index contributed by atoms with van der Waals surface area (Å²) in [6.07, 6.45) is 0.932. The van der Waals surface area contributed by atoms with Gasteiger partial charge in [0.05, 0.1) is 33.2 Å². The number of hydrogen-bond acceptors (Lipinski definition) is 7. The van der Waals surface area contributed by atoms with E-state index in [1.165, 1.54) is 14.2 Å². The number of aliphatic hydroxyl groups excluding tert-OH is 1. The molecule has 0 aliphatic heterocycles. The van der Waals surface area contributed by atoms with Gasteiger partial charge in [-0.2, -0.15) is 0 Å². The van der Waals surface area contributed by atoms with E-state index >= 15 is 0 Å². The van der Waals surface area contributed by atoms with Gasteiger partial charge in [-0.15, -0.1) is 0 Å². The molecule has 1 aromatic heterocycles. The lowest BCUT2D eigenvalue weighted by Gasteiger charge is -2.13. The number of aliphatic hydroxyl groups is 1. The van der Waals surface area contributed by atoms with Crippen LogP contribution in [0.15, 0.2) is 41.0 Å². The number of nitrogens with one attached hydrogen (secondary N) is 1. The molecule has 0 saturated carbocycles. The second-order valence-electron chi connectivity index (χ2n) is 5.41. The van der Waals surface area contributed by atoms with Crippen molar-refractivity contribution in [3.8, 4) is 5.75 Å². The fourth-order valence-electron chi connectivity index (χ4n) is 2.27. The van der Waals surface area contributed by atoms with Crippen LogP contribution in [0.4, 0.5) is 0 Å².